The van der Waals surface area contributed by atoms with Crippen molar-refractivity contribution < 1.29 is 18.6 Å². The van der Waals surface area contributed by atoms with E-state index in [1.807, 2.05) is 18.2 Å². The van der Waals surface area contributed by atoms with Crippen LogP contribution in [0.2, 0.25) is 0 Å². The van der Waals surface area contributed by atoms with Gasteiger partial charge < -0.3 is 18.6 Å². The SMILES string of the molecule is CCC=CCCOc1c(OC/C=C(\C)CCC=C(C)C)c2ccc(OC/C=C(\C)CCC=C(C)C)cc2oc1=O. The highest BCUT2D eigenvalue weighted by molar-refractivity contribution is 5.86. The van der Waals surface area contributed by atoms with E-state index in [0.717, 1.165) is 32.1 Å². The van der Waals surface area contributed by atoms with E-state index in [-0.39, 0.29) is 5.75 Å². The van der Waals surface area contributed by atoms with Crippen molar-refractivity contribution >= 4 is 11.0 Å². The number of hydrogen-bond donors (Lipinski definition) is 0. The molecule has 218 valence electrons. The average Bonchev–Trinajstić information content (AvgIpc) is 2.89. The number of fused-ring (bicyclic) bond motifs is 1. The summed E-state index contributed by atoms with van der Waals surface area (Å²) in [7, 11) is 0. The molecule has 2 aromatic rings. The van der Waals surface area contributed by atoms with Crippen LogP contribution >= 0.6 is 0 Å². The van der Waals surface area contributed by atoms with Crippen LogP contribution in [0, 0.1) is 0 Å². The van der Waals surface area contributed by atoms with Gasteiger partial charge in [-0.1, -0.05) is 53.5 Å². The Bertz CT molecular complexity index is 1280. The van der Waals surface area contributed by atoms with Crippen LogP contribution in [0.25, 0.3) is 11.0 Å². The monoisotopic (exact) mass is 548 g/mol. The third-order valence-corrected chi connectivity index (χ3v) is 6.25. The lowest BCUT2D eigenvalue weighted by Crippen LogP contribution is -2.11. The first-order valence-electron chi connectivity index (χ1n) is 14.4. The number of rotatable bonds is 17. The van der Waals surface area contributed by atoms with E-state index in [1.54, 1.807) is 6.07 Å². The number of ether oxygens (including phenoxy) is 3. The molecule has 0 aliphatic rings. The maximum Gasteiger partial charge on any atom is 0.383 e. The minimum atomic E-state index is -0.557. The minimum Gasteiger partial charge on any atom is -0.489 e. The van der Waals surface area contributed by atoms with E-state index in [1.165, 1.54) is 22.3 Å². The molecule has 0 aliphatic heterocycles. The van der Waals surface area contributed by atoms with Crippen LogP contribution < -0.4 is 19.8 Å². The molecule has 0 bridgehead atoms. The van der Waals surface area contributed by atoms with Crippen molar-refractivity contribution in [2.75, 3.05) is 19.8 Å². The van der Waals surface area contributed by atoms with Crippen LogP contribution in [0.3, 0.4) is 0 Å². The molecule has 0 N–H and O–H groups in total. The highest BCUT2D eigenvalue weighted by atomic mass is 16.5. The third kappa shape index (κ3) is 12.1. The van der Waals surface area contributed by atoms with Crippen LogP contribution in [0.1, 0.15) is 87.0 Å². The second-order valence-corrected chi connectivity index (χ2v) is 10.6. The van der Waals surface area contributed by atoms with Gasteiger partial charge in [-0.05, 0) is 104 Å². The summed E-state index contributed by atoms with van der Waals surface area (Å²) in [6, 6.07) is 5.48. The summed E-state index contributed by atoms with van der Waals surface area (Å²) < 4.78 is 23.6. The lowest BCUT2D eigenvalue weighted by Gasteiger charge is -2.14. The average molecular weight is 549 g/mol. The van der Waals surface area contributed by atoms with Gasteiger partial charge in [0.1, 0.15) is 24.5 Å². The fourth-order valence-corrected chi connectivity index (χ4v) is 3.94. The molecule has 5 heteroatoms. The minimum absolute atomic E-state index is 0.108. The van der Waals surface area contributed by atoms with Gasteiger partial charge in [0.15, 0.2) is 5.75 Å². The Balaban J connectivity index is 2.23. The molecule has 0 fully saturated rings. The Labute approximate surface area is 240 Å². The van der Waals surface area contributed by atoms with Crippen LogP contribution in [-0.2, 0) is 0 Å². The van der Waals surface area contributed by atoms with Crippen molar-refractivity contribution in [3.63, 3.8) is 0 Å². The first-order chi connectivity index (χ1) is 19.2. The molecule has 0 spiro atoms. The van der Waals surface area contributed by atoms with Crippen molar-refractivity contribution in [2.45, 2.75) is 87.0 Å². The van der Waals surface area contributed by atoms with Crippen molar-refractivity contribution in [3.8, 4) is 17.2 Å². The summed E-state index contributed by atoms with van der Waals surface area (Å²) in [6.45, 7) is 15.9. The maximum atomic E-state index is 13.0. The van der Waals surface area contributed by atoms with E-state index in [4.69, 9.17) is 18.6 Å². The predicted molar refractivity (Wildman–Crippen MR) is 168 cm³/mol. The van der Waals surface area contributed by atoms with E-state index >= 15 is 0 Å². The predicted octanol–water partition coefficient (Wildman–Crippen LogP) is 9.67. The van der Waals surface area contributed by atoms with E-state index in [0.29, 0.717) is 48.7 Å². The Morgan fingerprint density at radius 3 is 1.98 bits per heavy atom. The molecule has 0 atom stereocenters. The Kier molecular flexibility index (Phi) is 14.7. The number of benzene rings is 1. The normalized spacial score (nSPS) is 12.1. The summed E-state index contributed by atoms with van der Waals surface area (Å²) >= 11 is 0. The highest BCUT2D eigenvalue weighted by Gasteiger charge is 2.18. The van der Waals surface area contributed by atoms with Gasteiger partial charge in [0.25, 0.3) is 0 Å². The molecule has 1 aromatic carbocycles. The van der Waals surface area contributed by atoms with Crippen molar-refractivity contribution in [2.24, 2.45) is 0 Å². The standard InChI is InChI=1S/C35H48O5/c1-8-9-10-11-22-38-34-33(39-24-21-29(7)17-13-15-27(4)5)31-19-18-30(25-32(31)40-35(34)36)37-23-20-28(6)16-12-14-26(2)3/h9-10,14-15,18-21,25H,8,11-13,16-17,22-24H2,1-7H3/b10-9?,28-20+,29-21+. The van der Waals surface area contributed by atoms with Gasteiger partial charge in [0.05, 0.1) is 12.0 Å². The van der Waals surface area contributed by atoms with Gasteiger partial charge in [-0.25, -0.2) is 4.79 Å². The molecule has 0 radical (unpaired) electrons. The van der Waals surface area contributed by atoms with Gasteiger partial charge in [-0.2, -0.15) is 0 Å². The first-order valence-corrected chi connectivity index (χ1v) is 14.4. The largest absolute Gasteiger partial charge is 0.489 e. The lowest BCUT2D eigenvalue weighted by molar-refractivity contribution is 0.275. The van der Waals surface area contributed by atoms with Crippen LogP contribution in [0.5, 0.6) is 17.2 Å². The zero-order valence-electron chi connectivity index (χ0n) is 25.6. The van der Waals surface area contributed by atoms with Gasteiger partial charge in [0, 0.05) is 6.07 Å². The second-order valence-electron chi connectivity index (χ2n) is 10.6. The van der Waals surface area contributed by atoms with E-state index in [9.17, 15) is 4.79 Å². The quantitative estimate of drug-likeness (QED) is 0.112. The Hall–Kier alpha value is -3.47. The summed E-state index contributed by atoms with van der Waals surface area (Å²) in [6.07, 6.45) is 18.4. The van der Waals surface area contributed by atoms with Crippen molar-refractivity contribution in [1.29, 1.82) is 0 Å². The summed E-state index contributed by atoms with van der Waals surface area (Å²) in [4.78, 5) is 13.0. The van der Waals surface area contributed by atoms with Crippen molar-refractivity contribution in [1.82, 2.24) is 0 Å². The molecule has 5 nitrogen and oxygen atoms in total. The maximum absolute atomic E-state index is 13.0. The zero-order chi connectivity index (χ0) is 29.3. The molecule has 0 amide bonds. The third-order valence-electron chi connectivity index (χ3n) is 6.25. The molecule has 0 unspecified atom stereocenters. The summed E-state index contributed by atoms with van der Waals surface area (Å²) in [5.41, 5.74) is 5.01. The fourth-order valence-electron chi connectivity index (χ4n) is 3.94. The lowest BCUT2D eigenvalue weighted by atomic mass is 10.1. The molecule has 1 aromatic heterocycles. The highest BCUT2D eigenvalue weighted by Crippen LogP contribution is 2.35. The van der Waals surface area contributed by atoms with Crippen LogP contribution in [-0.4, -0.2) is 19.8 Å². The number of hydrogen-bond acceptors (Lipinski definition) is 5. The molecule has 2 rings (SSSR count). The second kappa shape index (κ2) is 18.0. The summed E-state index contributed by atoms with van der Waals surface area (Å²) in [5.74, 6) is 1.14. The Morgan fingerprint density at radius 1 is 0.750 bits per heavy atom. The molecular formula is C35H48O5. The van der Waals surface area contributed by atoms with Gasteiger partial charge in [-0.15, -0.1) is 0 Å². The van der Waals surface area contributed by atoms with E-state index in [2.05, 4.69) is 78.8 Å². The van der Waals surface area contributed by atoms with Gasteiger partial charge >= 0.3 is 5.63 Å². The molecule has 1 heterocycles. The van der Waals surface area contributed by atoms with Crippen LogP contribution in [0.15, 0.2) is 86.2 Å². The number of allylic oxidation sites excluding steroid dienone is 7. The molecule has 0 saturated heterocycles. The smallest absolute Gasteiger partial charge is 0.383 e. The Morgan fingerprint density at radius 2 is 1.38 bits per heavy atom. The first kappa shape index (κ1) is 32.7. The molecule has 0 saturated carbocycles. The summed E-state index contributed by atoms with van der Waals surface area (Å²) in [5, 5.41) is 0.676. The van der Waals surface area contributed by atoms with Crippen molar-refractivity contribution in [3.05, 3.63) is 87.4 Å². The topological polar surface area (TPSA) is 57.9 Å². The molecular weight excluding hydrogens is 500 g/mol. The van der Waals surface area contributed by atoms with Crippen LogP contribution in [0.4, 0.5) is 0 Å². The fraction of sp³-hybridized carbons (Fsp3) is 0.457. The van der Waals surface area contributed by atoms with Gasteiger partial charge in [0.2, 0.25) is 5.75 Å². The van der Waals surface area contributed by atoms with Gasteiger partial charge in [-0.3, -0.25) is 0 Å². The zero-order valence-corrected chi connectivity index (χ0v) is 25.6. The van der Waals surface area contributed by atoms with E-state index < -0.39 is 5.63 Å². The molecule has 0 aliphatic carbocycles. The molecule has 40 heavy (non-hydrogen) atoms.